The normalized spacial score (nSPS) is 16.7. The first-order valence-corrected chi connectivity index (χ1v) is 8.73. The molecule has 1 N–H and O–H groups in total. The molecule has 0 atom stereocenters. The van der Waals surface area contributed by atoms with Crippen molar-refractivity contribution in [2.75, 3.05) is 20.2 Å². The Labute approximate surface area is 150 Å². The van der Waals surface area contributed by atoms with E-state index in [4.69, 9.17) is 4.74 Å². The van der Waals surface area contributed by atoms with Crippen LogP contribution in [0, 0.1) is 0 Å². The van der Waals surface area contributed by atoms with E-state index in [1.807, 2.05) is 24.3 Å². The summed E-state index contributed by atoms with van der Waals surface area (Å²) in [5, 5.41) is 10.9. The first kappa shape index (κ1) is 17.0. The molecule has 0 spiro atoms. The maximum absolute atomic E-state index is 12.6. The predicted molar refractivity (Wildman–Crippen MR) is 96.2 cm³/mol. The van der Waals surface area contributed by atoms with Crippen LogP contribution < -0.4 is 4.74 Å². The van der Waals surface area contributed by atoms with Crippen molar-refractivity contribution in [1.82, 2.24) is 4.90 Å². The van der Waals surface area contributed by atoms with Gasteiger partial charge in [-0.05, 0) is 54.8 Å². The van der Waals surface area contributed by atoms with Gasteiger partial charge in [-0.2, -0.15) is 0 Å². The highest BCUT2D eigenvalue weighted by molar-refractivity contribution is 9.10. The number of nitrogens with zero attached hydrogens (tertiary/aromatic N) is 1. The summed E-state index contributed by atoms with van der Waals surface area (Å²) in [6.45, 7) is 1.08. The molecule has 0 aliphatic carbocycles. The second-order valence-electron chi connectivity index (χ2n) is 6.06. The first-order valence-electron chi connectivity index (χ1n) is 7.93. The Bertz CT molecular complexity index is 704. The van der Waals surface area contributed by atoms with Crippen LogP contribution in [-0.2, 0) is 5.60 Å². The lowest BCUT2D eigenvalue weighted by molar-refractivity contribution is -0.0211. The molecule has 0 bridgehead atoms. The zero-order valence-corrected chi connectivity index (χ0v) is 15.1. The zero-order valence-electron chi connectivity index (χ0n) is 13.5. The molecule has 24 heavy (non-hydrogen) atoms. The molecule has 1 aliphatic heterocycles. The number of benzene rings is 2. The lowest BCUT2D eigenvalue weighted by Crippen LogP contribution is -2.45. The van der Waals surface area contributed by atoms with Gasteiger partial charge >= 0.3 is 0 Å². The Morgan fingerprint density at radius 2 is 1.67 bits per heavy atom. The summed E-state index contributed by atoms with van der Waals surface area (Å²) in [6, 6.07) is 14.9. The number of carbonyl (C=O) groups is 1. The third kappa shape index (κ3) is 3.47. The van der Waals surface area contributed by atoms with E-state index in [2.05, 4.69) is 15.9 Å². The van der Waals surface area contributed by atoms with Gasteiger partial charge in [-0.25, -0.2) is 0 Å². The SMILES string of the molecule is COc1ccc(C(=O)N2CCC(O)(c3ccc(Br)cc3)CC2)cc1. The van der Waals surface area contributed by atoms with Gasteiger partial charge in [0.2, 0.25) is 0 Å². The smallest absolute Gasteiger partial charge is 0.253 e. The van der Waals surface area contributed by atoms with Crippen LogP contribution in [0.15, 0.2) is 53.0 Å². The van der Waals surface area contributed by atoms with Crippen LogP contribution in [0.4, 0.5) is 0 Å². The van der Waals surface area contributed by atoms with Crippen molar-refractivity contribution in [1.29, 1.82) is 0 Å². The number of carbonyl (C=O) groups excluding carboxylic acids is 1. The number of hydrogen-bond donors (Lipinski definition) is 1. The summed E-state index contributed by atoms with van der Waals surface area (Å²) >= 11 is 3.41. The molecule has 4 nitrogen and oxygen atoms in total. The van der Waals surface area contributed by atoms with E-state index in [0.717, 1.165) is 15.8 Å². The molecular weight excluding hydrogens is 370 g/mol. The van der Waals surface area contributed by atoms with Gasteiger partial charge in [0, 0.05) is 23.1 Å². The second kappa shape index (κ2) is 6.95. The molecule has 2 aromatic carbocycles. The molecule has 0 radical (unpaired) electrons. The van der Waals surface area contributed by atoms with Crippen LogP contribution in [0.1, 0.15) is 28.8 Å². The van der Waals surface area contributed by atoms with Gasteiger partial charge in [0.1, 0.15) is 5.75 Å². The monoisotopic (exact) mass is 389 g/mol. The van der Waals surface area contributed by atoms with Crippen molar-refractivity contribution in [2.24, 2.45) is 0 Å². The summed E-state index contributed by atoms with van der Waals surface area (Å²) < 4.78 is 6.11. The fourth-order valence-electron chi connectivity index (χ4n) is 3.04. The molecule has 0 unspecified atom stereocenters. The van der Waals surface area contributed by atoms with E-state index in [0.29, 0.717) is 31.5 Å². The summed E-state index contributed by atoms with van der Waals surface area (Å²) in [6.07, 6.45) is 1.08. The summed E-state index contributed by atoms with van der Waals surface area (Å²) in [7, 11) is 1.60. The van der Waals surface area contributed by atoms with Crippen molar-refractivity contribution in [3.05, 3.63) is 64.1 Å². The fraction of sp³-hybridized carbons (Fsp3) is 0.316. The summed E-state index contributed by atoms with van der Waals surface area (Å²) in [5.41, 5.74) is 0.685. The number of halogens is 1. The van der Waals surface area contributed by atoms with E-state index in [-0.39, 0.29) is 5.91 Å². The van der Waals surface area contributed by atoms with Crippen LogP contribution >= 0.6 is 15.9 Å². The Morgan fingerprint density at radius 3 is 2.21 bits per heavy atom. The highest BCUT2D eigenvalue weighted by Crippen LogP contribution is 2.33. The van der Waals surface area contributed by atoms with Crippen LogP contribution in [0.2, 0.25) is 0 Å². The van der Waals surface area contributed by atoms with Crippen LogP contribution in [0.3, 0.4) is 0 Å². The standard InChI is InChI=1S/C19H20BrNO3/c1-24-17-8-2-14(3-9-17)18(22)21-12-10-19(23,11-13-21)15-4-6-16(20)7-5-15/h2-9,23H,10-13H2,1H3. The summed E-state index contributed by atoms with van der Waals surface area (Å²) in [5.74, 6) is 0.727. The first-order chi connectivity index (χ1) is 11.5. The third-order valence-electron chi connectivity index (χ3n) is 4.60. The molecule has 126 valence electrons. The number of aliphatic hydroxyl groups is 1. The topological polar surface area (TPSA) is 49.8 Å². The van der Waals surface area contributed by atoms with Crippen molar-refractivity contribution in [2.45, 2.75) is 18.4 Å². The van der Waals surface area contributed by atoms with E-state index < -0.39 is 5.60 Å². The zero-order chi connectivity index (χ0) is 17.2. The van der Waals surface area contributed by atoms with E-state index in [1.165, 1.54) is 0 Å². The van der Waals surface area contributed by atoms with Crippen molar-refractivity contribution >= 4 is 21.8 Å². The minimum atomic E-state index is -0.864. The van der Waals surface area contributed by atoms with Gasteiger partial charge in [0.25, 0.3) is 5.91 Å². The Hall–Kier alpha value is -1.85. The van der Waals surface area contributed by atoms with E-state index in [1.54, 1.807) is 36.3 Å². The third-order valence-corrected chi connectivity index (χ3v) is 5.13. The Kier molecular flexibility index (Phi) is 4.92. The number of piperidine rings is 1. The maximum atomic E-state index is 12.6. The van der Waals surface area contributed by atoms with Gasteiger partial charge < -0.3 is 14.7 Å². The number of hydrogen-bond acceptors (Lipinski definition) is 3. The van der Waals surface area contributed by atoms with E-state index >= 15 is 0 Å². The number of likely N-dealkylation sites (tertiary alicyclic amines) is 1. The number of rotatable bonds is 3. The Morgan fingerprint density at radius 1 is 1.08 bits per heavy atom. The van der Waals surface area contributed by atoms with E-state index in [9.17, 15) is 9.90 Å². The minimum absolute atomic E-state index is 0.00416. The number of ether oxygens (including phenoxy) is 1. The molecule has 3 rings (SSSR count). The van der Waals surface area contributed by atoms with Crippen LogP contribution in [0.25, 0.3) is 0 Å². The van der Waals surface area contributed by atoms with Gasteiger partial charge in [0.15, 0.2) is 0 Å². The molecule has 0 aromatic heterocycles. The predicted octanol–water partition coefficient (Wildman–Crippen LogP) is 3.58. The van der Waals surface area contributed by atoms with Gasteiger partial charge in [0.05, 0.1) is 12.7 Å². The number of amides is 1. The molecule has 0 saturated carbocycles. The molecule has 1 heterocycles. The molecule has 1 amide bonds. The largest absolute Gasteiger partial charge is 0.497 e. The second-order valence-corrected chi connectivity index (χ2v) is 6.97. The average Bonchev–Trinajstić information content (AvgIpc) is 2.62. The lowest BCUT2D eigenvalue weighted by Gasteiger charge is -2.38. The van der Waals surface area contributed by atoms with Crippen molar-refractivity contribution in [3.8, 4) is 5.75 Å². The molecule has 1 fully saturated rings. The maximum Gasteiger partial charge on any atom is 0.253 e. The molecular formula is C19H20BrNO3. The lowest BCUT2D eigenvalue weighted by atomic mass is 9.84. The molecule has 2 aromatic rings. The van der Waals surface area contributed by atoms with Crippen LogP contribution in [0.5, 0.6) is 5.75 Å². The highest BCUT2D eigenvalue weighted by atomic mass is 79.9. The Balaban J connectivity index is 1.67. The molecule has 1 saturated heterocycles. The van der Waals surface area contributed by atoms with Crippen molar-refractivity contribution < 1.29 is 14.6 Å². The van der Waals surface area contributed by atoms with Crippen LogP contribution in [-0.4, -0.2) is 36.1 Å². The minimum Gasteiger partial charge on any atom is -0.497 e. The van der Waals surface area contributed by atoms with Gasteiger partial charge in [-0.3, -0.25) is 4.79 Å². The van der Waals surface area contributed by atoms with Gasteiger partial charge in [-0.15, -0.1) is 0 Å². The highest BCUT2D eigenvalue weighted by Gasteiger charge is 2.35. The van der Waals surface area contributed by atoms with Crippen molar-refractivity contribution in [3.63, 3.8) is 0 Å². The quantitative estimate of drug-likeness (QED) is 0.872. The molecule has 1 aliphatic rings. The molecule has 5 heteroatoms. The van der Waals surface area contributed by atoms with Gasteiger partial charge in [-0.1, -0.05) is 28.1 Å². The fourth-order valence-corrected chi connectivity index (χ4v) is 3.31. The average molecular weight is 390 g/mol. The number of methoxy groups -OCH3 is 1. The summed E-state index contributed by atoms with van der Waals surface area (Å²) in [4.78, 5) is 14.4.